The summed E-state index contributed by atoms with van der Waals surface area (Å²) in [5, 5.41) is 12.0. The molecule has 1 fully saturated rings. The standard InChI is InChI=1S/C13H26N2O2/c14-9-2-1-3-13(17)15-12-6-4-11(5-7-12)8-10-16/h11-12,16H,1-10,14H2,(H,15,17). The van der Waals surface area contributed by atoms with Crippen LogP contribution in [0.3, 0.4) is 0 Å². The monoisotopic (exact) mass is 242 g/mol. The number of hydrogen-bond acceptors (Lipinski definition) is 3. The van der Waals surface area contributed by atoms with Crippen LogP contribution in [0.1, 0.15) is 51.4 Å². The molecule has 0 bridgehead atoms. The zero-order chi connectivity index (χ0) is 12.5. The van der Waals surface area contributed by atoms with Gasteiger partial charge in [-0.05, 0) is 57.4 Å². The lowest BCUT2D eigenvalue weighted by molar-refractivity contribution is -0.122. The topological polar surface area (TPSA) is 75.4 Å². The molecular weight excluding hydrogens is 216 g/mol. The fraction of sp³-hybridized carbons (Fsp3) is 0.923. The fourth-order valence-electron chi connectivity index (χ4n) is 2.51. The molecule has 100 valence electrons. The van der Waals surface area contributed by atoms with E-state index in [9.17, 15) is 4.79 Å². The van der Waals surface area contributed by atoms with Crippen LogP contribution in [-0.2, 0) is 4.79 Å². The van der Waals surface area contributed by atoms with Gasteiger partial charge < -0.3 is 16.2 Å². The van der Waals surface area contributed by atoms with Crippen LogP contribution in [0.15, 0.2) is 0 Å². The molecule has 1 aliphatic carbocycles. The molecular formula is C13H26N2O2. The highest BCUT2D eigenvalue weighted by Gasteiger charge is 2.21. The minimum atomic E-state index is 0.170. The Morgan fingerprint density at radius 1 is 1.24 bits per heavy atom. The van der Waals surface area contributed by atoms with Crippen molar-refractivity contribution in [1.29, 1.82) is 0 Å². The Morgan fingerprint density at radius 2 is 1.94 bits per heavy atom. The van der Waals surface area contributed by atoms with Crippen LogP contribution >= 0.6 is 0 Å². The summed E-state index contributed by atoms with van der Waals surface area (Å²) < 4.78 is 0. The van der Waals surface area contributed by atoms with E-state index < -0.39 is 0 Å². The molecule has 1 amide bonds. The van der Waals surface area contributed by atoms with Crippen molar-refractivity contribution in [3.63, 3.8) is 0 Å². The SMILES string of the molecule is NCCCCC(=O)NC1CCC(CCO)CC1. The molecule has 4 heteroatoms. The van der Waals surface area contributed by atoms with Crippen LogP contribution in [0.4, 0.5) is 0 Å². The molecule has 4 N–H and O–H groups in total. The van der Waals surface area contributed by atoms with E-state index >= 15 is 0 Å². The van der Waals surface area contributed by atoms with Crippen molar-refractivity contribution in [2.45, 2.75) is 57.4 Å². The van der Waals surface area contributed by atoms with Crippen molar-refractivity contribution in [1.82, 2.24) is 5.32 Å². The van der Waals surface area contributed by atoms with Gasteiger partial charge in [-0.3, -0.25) is 4.79 Å². The molecule has 1 rings (SSSR count). The molecule has 0 aromatic carbocycles. The molecule has 0 aromatic rings. The Kier molecular flexibility index (Phi) is 7.21. The molecule has 1 aliphatic rings. The van der Waals surface area contributed by atoms with E-state index in [1.807, 2.05) is 0 Å². The first-order valence-electron chi connectivity index (χ1n) is 6.86. The molecule has 0 unspecified atom stereocenters. The van der Waals surface area contributed by atoms with Crippen molar-refractivity contribution in [2.24, 2.45) is 11.7 Å². The Morgan fingerprint density at radius 3 is 2.53 bits per heavy atom. The number of rotatable bonds is 7. The summed E-state index contributed by atoms with van der Waals surface area (Å²) in [4.78, 5) is 11.6. The molecule has 0 aliphatic heterocycles. The van der Waals surface area contributed by atoms with Crippen LogP contribution in [0, 0.1) is 5.92 Å². The molecule has 0 aromatic heterocycles. The van der Waals surface area contributed by atoms with E-state index in [2.05, 4.69) is 5.32 Å². The number of carbonyl (C=O) groups is 1. The number of amides is 1. The van der Waals surface area contributed by atoms with Crippen LogP contribution < -0.4 is 11.1 Å². The summed E-state index contributed by atoms with van der Waals surface area (Å²) in [6.07, 6.45) is 7.73. The lowest BCUT2D eigenvalue weighted by Crippen LogP contribution is -2.37. The van der Waals surface area contributed by atoms with Gasteiger partial charge in [0, 0.05) is 19.1 Å². The maximum atomic E-state index is 11.6. The molecule has 17 heavy (non-hydrogen) atoms. The predicted octanol–water partition coefficient (Wildman–Crippen LogP) is 1.17. The molecule has 0 atom stereocenters. The summed E-state index contributed by atoms with van der Waals surface area (Å²) in [6.45, 7) is 0.959. The number of aliphatic hydroxyl groups excluding tert-OH is 1. The van der Waals surface area contributed by atoms with E-state index in [1.165, 1.54) is 0 Å². The van der Waals surface area contributed by atoms with Crippen LogP contribution in [-0.4, -0.2) is 30.2 Å². The van der Waals surface area contributed by atoms with Crippen molar-refractivity contribution in [3.05, 3.63) is 0 Å². The van der Waals surface area contributed by atoms with Crippen molar-refractivity contribution < 1.29 is 9.90 Å². The Labute approximate surface area is 104 Å². The number of carbonyl (C=O) groups excluding carboxylic acids is 1. The minimum Gasteiger partial charge on any atom is -0.396 e. The Hall–Kier alpha value is -0.610. The highest BCUT2D eigenvalue weighted by molar-refractivity contribution is 5.76. The average molecular weight is 242 g/mol. The number of nitrogens with two attached hydrogens (primary N) is 1. The third-order valence-corrected chi connectivity index (χ3v) is 3.61. The first kappa shape index (κ1) is 14.5. The first-order valence-corrected chi connectivity index (χ1v) is 6.86. The normalized spacial score (nSPS) is 24.6. The number of aliphatic hydroxyl groups is 1. The molecule has 0 spiro atoms. The van der Waals surface area contributed by atoms with Crippen molar-refractivity contribution in [2.75, 3.05) is 13.2 Å². The highest BCUT2D eigenvalue weighted by Crippen LogP contribution is 2.26. The van der Waals surface area contributed by atoms with Gasteiger partial charge in [-0.15, -0.1) is 0 Å². The van der Waals surface area contributed by atoms with Crippen LogP contribution in [0.5, 0.6) is 0 Å². The second-order valence-corrected chi connectivity index (χ2v) is 5.04. The lowest BCUT2D eigenvalue weighted by Gasteiger charge is -2.28. The van der Waals surface area contributed by atoms with E-state index in [4.69, 9.17) is 10.8 Å². The fourth-order valence-corrected chi connectivity index (χ4v) is 2.51. The number of unbranched alkanes of at least 4 members (excludes halogenated alkanes) is 1. The van der Waals surface area contributed by atoms with Crippen molar-refractivity contribution >= 4 is 5.91 Å². The van der Waals surface area contributed by atoms with Gasteiger partial charge in [0.1, 0.15) is 0 Å². The van der Waals surface area contributed by atoms with E-state index in [0.717, 1.165) is 44.9 Å². The van der Waals surface area contributed by atoms with Gasteiger partial charge in [-0.25, -0.2) is 0 Å². The van der Waals surface area contributed by atoms with Gasteiger partial charge in [0.2, 0.25) is 5.91 Å². The average Bonchev–Trinajstić information content (AvgIpc) is 2.32. The van der Waals surface area contributed by atoms with E-state index in [1.54, 1.807) is 0 Å². The maximum absolute atomic E-state index is 11.6. The molecule has 0 saturated heterocycles. The zero-order valence-corrected chi connectivity index (χ0v) is 10.7. The van der Waals surface area contributed by atoms with Crippen molar-refractivity contribution in [3.8, 4) is 0 Å². The second-order valence-electron chi connectivity index (χ2n) is 5.04. The smallest absolute Gasteiger partial charge is 0.220 e. The van der Waals surface area contributed by atoms with Gasteiger partial charge in [0.25, 0.3) is 0 Å². The van der Waals surface area contributed by atoms with E-state index in [0.29, 0.717) is 31.5 Å². The quantitative estimate of drug-likeness (QED) is 0.587. The number of hydrogen-bond donors (Lipinski definition) is 3. The number of nitrogens with one attached hydrogen (secondary N) is 1. The summed E-state index contributed by atoms with van der Waals surface area (Å²) in [5.41, 5.74) is 5.39. The minimum absolute atomic E-state index is 0.170. The largest absolute Gasteiger partial charge is 0.396 e. The summed E-state index contributed by atoms with van der Waals surface area (Å²) >= 11 is 0. The molecule has 1 saturated carbocycles. The maximum Gasteiger partial charge on any atom is 0.220 e. The van der Waals surface area contributed by atoms with Gasteiger partial charge in [0.05, 0.1) is 0 Å². The van der Waals surface area contributed by atoms with Gasteiger partial charge in [0.15, 0.2) is 0 Å². The van der Waals surface area contributed by atoms with Crippen LogP contribution in [0.2, 0.25) is 0 Å². The van der Waals surface area contributed by atoms with Gasteiger partial charge in [-0.1, -0.05) is 0 Å². The molecule has 0 heterocycles. The highest BCUT2D eigenvalue weighted by atomic mass is 16.3. The first-order chi connectivity index (χ1) is 8.26. The predicted molar refractivity (Wildman–Crippen MR) is 68.5 cm³/mol. The summed E-state index contributed by atoms with van der Waals surface area (Å²) in [5.74, 6) is 0.828. The Balaban J connectivity index is 2.10. The summed E-state index contributed by atoms with van der Waals surface area (Å²) in [7, 11) is 0. The summed E-state index contributed by atoms with van der Waals surface area (Å²) in [6, 6.07) is 0.357. The molecule has 4 nitrogen and oxygen atoms in total. The molecule has 0 radical (unpaired) electrons. The van der Waals surface area contributed by atoms with Gasteiger partial charge >= 0.3 is 0 Å². The zero-order valence-electron chi connectivity index (χ0n) is 10.7. The van der Waals surface area contributed by atoms with Gasteiger partial charge in [-0.2, -0.15) is 0 Å². The van der Waals surface area contributed by atoms with Crippen LogP contribution in [0.25, 0.3) is 0 Å². The van der Waals surface area contributed by atoms with E-state index in [-0.39, 0.29) is 5.91 Å². The third-order valence-electron chi connectivity index (χ3n) is 3.61. The second kappa shape index (κ2) is 8.48. The Bertz CT molecular complexity index is 213. The third kappa shape index (κ3) is 6.03. The lowest BCUT2D eigenvalue weighted by atomic mass is 9.84.